The number of aliphatic carboxylic acids is 1. The molecule has 1 amide bonds. The second-order valence-corrected chi connectivity index (χ2v) is 5.73. The number of amides is 1. The molecule has 2 aliphatic carbocycles. The van der Waals surface area contributed by atoms with Crippen molar-refractivity contribution in [2.45, 2.75) is 12.8 Å². The van der Waals surface area contributed by atoms with Crippen LogP contribution in [-0.4, -0.2) is 28.5 Å². The van der Waals surface area contributed by atoms with Crippen LogP contribution in [0.3, 0.4) is 0 Å². The average molecular weight is 286 g/mol. The summed E-state index contributed by atoms with van der Waals surface area (Å²) in [6.07, 6.45) is 8.90. The van der Waals surface area contributed by atoms with Crippen LogP contribution in [0.25, 0.3) is 0 Å². The Morgan fingerprint density at radius 2 is 1.86 bits per heavy atom. The van der Waals surface area contributed by atoms with Gasteiger partial charge in [0, 0.05) is 18.9 Å². The first-order valence-electron chi connectivity index (χ1n) is 7.24. The molecule has 0 aromatic carbocycles. The number of carbonyl (C=O) groups is 2. The van der Waals surface area contributed by atoms with Gasteiger partial charge in [0.15, 0.2) is 0 Å². The van der Waals surface area contributed by atoms with Crippen molar-refractivity contribution < 1.29 is 14.7 Å². The van der Waals surface area contributed by atoms with Crippen molar-refractivity contribution in [3.63, 3.8) is 0 Å². The summed E-state index contributed by atoms with van der Waals surface area (Å²) >= 11 is 0. The Bertz CT molecular complexity index is 570. The van der Waals surface area contributed by atoms with E-state index in [0.717, 1.165) is 18.4 Å². The van der Waals surface area contributed by atoms with Crippen LogP contribution in [0, 0.1) is 23.7 Å². The van der Waals surface area contributed by atoms with Crippen molar-refractivity contribution in [3.05, 3.63) is 42.2 Å². The van der Waals surface area contributed by atoms with Crippen LogP contribution in [-0.2, 0) is 16.0 Å². The van der Waals surface area contributed by atoms with Crippen LogP contribution in [0.15, 0.2) is 36.7 Å². The Labute approximate surface area is 123 Å². The van der Waals surface area contributed by atoms with Crippen molar-refractivity contribution in [1.82, 2.24) is 10.3 Å². The number of rotatable bonds is 5. The molecule has 5 nitrogen and oxygen atoms in total. The summed E-state index contributed by atoms with van der Waals surface area (Å²) in [5, 5.41) is 12.2. The SMILES string of the molecule is O=C(NCCc1ccncc1)[C@@H]1[C@H](C(=O)O)[C@@H]2C=C[C@H]1C2. The van der Waals surface area contributed by atoms with Crippen LogP contribution in [0.2, 0.25) is 0 Å². The monoisotopic (exact) mass is 286 g/mol. The van der Waals surface area contributed by atoms with Crippen LogP contribution < -0.4 is 5.32 Å². The van der Waals surface area contributed by atoms with E-state index in [0.29, 0.717) is 6.54 Å². The molecule has 110 valence electrons. The summed E-state index contributed by atoms with van der Waals surface area (Å²) in [6.45, 7) is 0.521. The number of allylic oxidation sites excluding steroid dienone is 2. The summed E-state index contributed by atoms with van der Waals surface area (Å²) < 4.78 is 0. The number of carbonyl (C=O) groups excluding carboxylic acids is 1. The Balaban J connectivity index is 1.58. The number of carboxylic acids is 1. The summed E-state index contributed by atoms with van der Waals surface area (Å²) in [6, 6.07) is 3.82. The van der Waals surface area contributed by atoms with Gasteiger partial charge in [-0.15, -0.1) is 0 Å². The number of fused-ring (bicyclic) bond motifs is 2. The summed E-state index contributed by atoms with van der Waals surface area (Å²) in [5.41, 5.74) is 1.10. The first kappa shape index (κ1) is 13.8. The third-order valence-corrected chi connectivity index (χ3v) is 4.51. The van der Waals surface area contributed by atoms with E-state index in [1.165, 1.54) is 0 Å². The molecule has 1 aromatic rings. The molecule has 4 atom stereocenters. The van der Waals surface area contributed by atoms with Crippen molar-refractivity contribution >= 4 is 11.9 Å². The molecule has 2 N–H and O–H groups in total. The minimum Gasteiger partial charge on any atom is -0.481 e. The largest absolute Gasteiger partial charge is 0.481 e. The highest BCUT2D eigenvalue weighted by molar-refractivity contribution is 5.86. The molecular weight excluding hydrogens is 268 g/mol. The number of aromatic nitrogens is 1. The van der Waals surface area contributed by atoms with Crippen molar-refractivity contribution in [2.24, 2.45) is 23.7 Å². The molecule has 1 fully saturated rings. The standard InChI is InChI=1S/C16H18N2O3/c19-15(18-8-5-10-3-6-17-7-4-10)13-11-1-2-12(9-11)14(13)16(20)21/h1-4,6-7,11-14H,5,8-9H2,(H,18,19)(H,20,21)/t11-,12+,13-,14+/m0/s1. The molecule has 0 spiro atoms. The zero-order valence-corrected chi connectivity index (χ0v) is 11.6. The minimum atomic E-state index is -0.860. The molecule has 1 heterocycles. The molecular formula is C16H18N2O3. The predicted molar refractivity (Wildman–Crippen MR) is 76.3 cm³/mol. The highest BCUT2D eigenvalue weighted by Crippen LogP contribution is 2.48. The highest BCUT2D eigenvalue weighted by Gasteiger charge is 2.51. The number of nitrogens with one attached hydrogen (secondary N) is 1. The number of pyridine rings is 1. The molecule has 2 aliphatic rings. The summed E-state index contributed by atoms with van der Waals surface area (Å²) in [5.74, 6) is -1.88. The molecule has 5 heteroatoms. The molecule has 0 aliphatic heterocycles. The van der Waals surface area contributed by atoms with Gasteiger partial charge in [0.05, 0.1) is 11.8 Å². The summed E-state index contributed by atoms with van der Waals surface area (Å²) in [4.78, 5) is 27.6. The smallest absolute Gasteiger partial charge is 0.307 e. The van der Waals surface area contributed by atoms with Crippen molar-refractivity contribution in [2.75, 3.05) is 6.54 Å². The topological polar surface area (TPSA) is 79.3 Å². The number of hydrogen-bond acceptors (Lipinski definition) is 3. The maximum Gasteiger partial charge on any atom is 0.307 e. The van der Waals surface area contributed by atoms with Crippen LogP contribution in [0.4, 0.5) is 0 Å². The average Bonchev–Trinajstić information content (AvgIpc) is 3.08. The van der Waals surface area contributed by atoms with E-state index in [-0.39, 0.29) is 17.7 Å². The van der Waals surface area contributed by atoms with E-state index in [1.54, 1.807) is 12.4 Å². The molecule has 2 bridgehead atoms. The maximum absolute atomic E-state index is 12.3. The van der Waals surface area contributed by atoms with Gasteiger partial charge in [-0.1, -0.05) is 12.2 Å². The van der Waals surface area contributed by atoms with Gasteiger partial charge in [-0.2, -0.15) is 0 Å². The Kier molecular flexibility index (Phi) is 3.73. The van der Waals surface area contributed by atoms with Gasteiger partial charge in [0.1, 0.15) is 0 Å². The lowest BCUT2D eigenvalue weighted by atomic mass is 9.82. The molecule has 21 heavy (non-hydrogen) atoms. The van der Waals surface area contributed by atoms with Gasteiger partial charge in [-0.25, -0.2) is 0 Å². The molecule has 3 rings (SSSR count). The fourth-order valence-corrected chi connectivity index (χ4v) is 3.51. The second-order valence-electron chi connectivity index (χ2n) is 5.73. The van der Waals surface area contributed by atoms with Gasteiger partial charge >= 0.3 is 5.97 Å². The Hall–Kier alpha value is -2.17. The third-order valence-electron chi connectivity index (χ3n) is 4.51. The van der Waals surface area contributed by atoms with Crippen LogP contribution in [0.1, 0.15) is 12.0 Å². The maximum atomic E-state index is 12.3. The van der Waals surface area contributed by atoms with Gasteiger partial charge < -0.3 is 10.4 Å². The lowest BCUT2D eigenvalue weighted by Gasteiger charge is -2.23. The van der Waals surface area contributed by atoms with Gasteiger partial charge in [0.2, 0.25) is 5.91 Å². The van der Waals surface area contributed by atoms with E-state index >= 15 is 0 Å². The van der Waals surface area contributed by atoms with Crippen molar-refractivity contribution in [3.8, 4) is 0 Å². The normalized spacial score (nSPS) is 29.5. The third kappa shape index (κ3) is 2.68. The lowest BCUT2D eigenvalue weighted by molar-refractivity contribution is -0.147. The van der Waals surface area contributed by atoms with Crippen molar-refractivity contribution in [1.29, 1.82) is 0 Å². The van der Waals surface area contributed by atoms with E-state index < -0.39 is 17.8 Å². The highest BCUT2D eigenvalue weighted by atomic mass is 16.4. The van der Waals surface area contributed by atoms with Crippen LogP contribution >= 0.6 is 0 Å². The molecule has 0 unspecified atom stereocenters. The number of hydrogen-bond donors (Lipinski definition) is 2. The molecule has 0 saturated heterocycles. The molecule has 1 aromatic heterocycles. The number of nitrogens with zero attached hydrogens (tertiary/aromatic N) is 1. The van der Waals surface area contributed by atoms with E-state index in [2.05, 4.69) is 10.3 Å². The predicted octanol–water partition coefficient (Wildman–Crippen LogP) is 1.26. The van der Waals surface area contributed by atoms with Gasteiger partial charge in [0.25, 0.3) is 0 Å². The van der Waals surface area contributed by atoms with Gasteiger partial charge in [-0.3, -0.25) is 14.6 Å². The minimum absolute atomic E-state index is 0.0171. The quantitative estimate of drug-likeness (QED) is 0.799. The zero-order chi connectivity index (χ0) is 14.8. The van der Waals surface area contributed by atoms with Crippen LogP contribution in [0.5, 0.6) is 0 Å². The number of carboxylic acid groups (broad SMARTS) is 1. The lowest BCUT2D eigenvalue weighted by Crippen LogP contribution is -2.40. The van der Waals surface area contributed by atoms with E-state index in [9.17, 15) is 14.7 Å². The first-order chi connectivity index (χ1) is 10.2. The Morgan fingerprint density at radius 3 is 2.52 bits per heavy atom. The first-order valence-corrected chi connectivity index (χ1v) is 7.24. The summed E-state index contributed by atoms with van der Waals surface area (Å²) in [7, 11) is 0. The molecule has 0 radical (unpaired) electrons. The fraction of sp³-hybridized carbons (Fsp3) is 0.438. The second kappa shape index (κ2) is 5.68. The zero-order valence-electron chi connectivity index (χ0n) is 11.6. The van der Waals surface area contributed by atoms with Gasteiger partial charge in [-0.05, 0) is 42.4 Å². The fourth-order valence-electron chi connectivity index (χ4n) is 3.51. The Morgan fingerprint density at radius 1 is 1.19 bits per heavy atom. The van der Waals surface area contributed by atoms with E-state index in [1.807, 2.05) is 24.3 Å². The molecule has 1 saturated carbocycles. The van der Waals surface area contributed by atoms with E-state index in [4.69, 9.17) is 0 Å².